The molecule has 4 aromatic rings. The lowest BCUT2D eigenvalue weighted by Gasteiger charge is -2.39. The molecule has 0 aliphatic carbocycles. The summed E-state index contributed by atoms with van der Waals surface area (Å²) in [5, 5.41) is 15.9. The Labute approximate surface area is 262 Å². The van der Waals surface area contributed by atoms with Crippen LogP contribution in [-0.2, 0) is 5.60 Å². The molecule has 0 amide bonds. The second-order valence-corrected chi connectivity index (χ2v) is 13.4. The van der Waals surface area contributed by atoms with E-state index in [1.807, 2.05) is 7.05 Å². The van der Waals surface area contributed by atoms with Crippen LogP contribution in [-0.4, -0.2) is 83.4 Å². The van der Waals surface area contributed by atoms with E-state index in [4.69, 9.17) is 16.4 Å². The second-order valence-electron chi connectivity index (χ2n) is 13.4. The Bertz CT molecular complexity index is 1830. The molecule has 3 saturated heterocycles. The van der Waals surface area contributed by atoms with Crippen molar-refractivity contribution < 1.29 is 13.9 Å². The number of aliphatic hydroxyl groups is 1. The minimum Gasteiger partial charge on any atom is -0.386 e. The molecular weight excluding hydrogens is 572 g/mol. The Morgan fingerprint density at radius 1 is 1.13 bits per heavy atom. The van der Waals surface area contributed by atoms with Gasteiger partial charge >= 0.3 is 0 Å². The normalized spacial score (nSPS) is 22.0. The predicted molar refractivity (Wildman–Crippen MR) is 174 cm³/mol. The number of anilines is 2. The van der Waals surface area contributed by atoms with Crippen LogP contribution in [0.4, 0.5) is 20.5 Å². The maximum Gasteiger partial charge on any atom is 0.228 e. The van der Waals surface area contributed by atoms with Gasteiger partial charge in [-0.3, -0.25) is 9.88 Å². The summed E-state index contributed by atoms with van der Waals surface area (Å²) in [6, 6.07) is 7.41. The van der Waals surface area contributed by atoms with Crippen LogP contribution in [0.15, 0.2) is 30.5 Å². The Balaban J connectivity index is 1.44. The first-order chi connectivity index (χ1) is 21.5. The van der Waals surface area contributed by atoms with Gasteiger partial charge in [0.25, 0.3) is 0 Å². The molecular formula is C35H39F2N7O. The Hall–Kier alpha value is -3.91. The minimum atomic E-state index is -1.25. The highest BCUT2D eigenvalue weighted by Gasteiger charge is 2.39. The van der Waals surface area contributed by atoms with Crippen molar-refractivity contribution in [3.05, 3.63) is 53.2 Å². The molecule has 0 saturated carbocycles. The van der Waals surface area contributed by atoms with Gasteiger partial charge in [-0.1, -0.05) is 12.0 Å². The summed E-state index contributed by atoms with van der Waals surface area (Å²) in [4.78, 5) is 21.2. The molecule has 2 bridgehead atoms. The third kappa shape index (κ3) is 5.17. The summed E-state index contributed by atoms with van der Waals surface area (Å²) >= 11 is 0. The van der Waals surface area contributed by atoms with Gasteiger partial charge in [0.05, 0.1) is 16.6 Å². The molecule has 3 fully saturated rings. The highest BCUT2D eigenvalue weighted by molar-refractivity contribution is 6.02. The molecule has 3 atom stereocenters. The van der Waals surface area contributed by atoms with Crippen LogP contribution in [0.5, 0.6) is 0 Å². The van der Waals surface area contributed by atoms with Crippen LogP contribution in [0.2, 0.25) is 0 Å². The fraction of sp³-hybridized carbons (Fsp3) is 0.457. The summed E-state index contributed by atoms with van der Waals surface area (Å²) in [7, 11) is 4.15. The van der Waals surface area contributed by atoms with Crippen molar-refractivity contribution in [2.24, 2.45) is 0 Å². The Morgan fingerprint density at radius 2 is 1.89 bits per heavy atom. The number of piperazine rings is 1. The van der Waals surface area contributed by atoms with Crippen molar-refractivity contribution in [1.29, 1.82) is 0 Å². The molecule has 2 unspecified atom stereocenters. The molecule has 3 aliphatic rings. The summed E-state index contributed by atoms with van der Waals surface area (Å²) in [6.07, 6.45) is 11.8. The first-order valence-corrected chi connectivity index (χ1v) is 15.8. The molecule has 234 valence electrons. The highest BCUT2D eigenvalue weighted by Crippen LogP contribution is 2.40. The van der Waals surface area contributed by atoms with Crippen LogP contribution >= 0.6 is 0 Å². The van der Waals surface area contributed by atoms with E-state index in [0.29, 0.717) is 63.7 Å². The largest absolute Gasteiger partial charge is 0.386 e. The first-order valence-electron chi connectivity index (χ1n) is 15.8. The van der Waals surface area contributed by atoms with Crippen molar-refractivity contribution in [2.45, 2.75) is 63.3 Å². The molecule has 2 N–H and O–H groups in total. The van der Waals surface area contributed by atoms with Crippen LogP contribution in [0.1, 0.15) is 50.7 Å². The lowest BCUT2D eigenvalue weighted by atomic mass is 9.89. The van der Waals surface area contributed by atoms with Gasteiger partial charge in [-0.2, -0.15) is 4.98 Å². The van der Waals surface area contributed by atoms with Crippen molar-refractivity contribution in [2.75, 3.05) is 50.1 Å². The topological polar surface area (TPSA) is 80.7 Å². The van der Waals surface area contributed by atoms with Gasteiger partial charge in [-0.05, 0) is 82.3 Å². The van der Waals surface area contributed by atoms with E-state index in [1.165, 1.54) is 6.07 Å². The number of nitrogens with zero attached hydrogens (tertiary/aromatic N) is 6. The third-order valence-corrected chi connectivity index (χ3v) is 9.97. The van der Waals surface area contributed by atoms with Crippen molar-refractivity contribution in [3.63, 3.8) is 0 Å². The van der Waals surface area contributed by atoms with Crippen molar-refractivity contribution in [1.82, 2.24) is 25.2 Å². The van der Waals surface area contributed by atoms with Crippen LogP contribution in [0.25, 0.3) is 32.9 Å². The number of hydrogen-bond acceptors (Lipinski definition) is 8. The summed E-state index contributed by atoms with van der Waals surface area (Å²) in [5.41, 5.74) is -0.248. The monoisotopic (exact) mass is 611 g/mol. The molecule has 0 radical (unpaired) electrons. The molecule has 5 heterocycles. The smallest absolute Gasteiger partial charge is 0.228 e. The minimum absolute atomic E-state index is 0.00476. The molecule has 0 spiro atoms. The molecule has 3 aliphatic heterocycles. The van der Waals surface area contributed by atoms with E-state index in [-0.39, 0.29) is 16.8 Å². The van der Waals surface area contributed by atoms with E-state index in [9.17, 15) is 5.11 Å². The van der Waals surface area contributed by atoms with Gasteiger partial charge in [-0.25, -0.2) is 13.8 Å². The van der Waals surface area contributed by atoms with E-state index in [2.05, 4.69) is 38.0 Å². The molecule has 45 heavy (non-hydrogen) atoms. The number of pyridine rings is 1. The van der Waals surface area contributed by atoms with Crippen LogP contribution < -0.4 is 15.1 Å². The molecule has 10 heteroatoms. The van der Waals surface area contributed by atoms with Gasteiger partial charge in [-0.15, -0.1) is 6.42 Å². The SMILES string of the molecule is C#Cc1c(F)ccc2cc(C(C)(C)O)cc(-c3ncc4c(N(C)C[C@@H]5CCCN5)nc(N5CC6CCC(C5)N6C)nc4c3F)c12. The van der Waals surface area contributed by atoms with Gasteiger partial charge in [0, 0.05) is 62.0 Å². The zero-order valence-corrected chi connectivity index (χ0v) is 26.2. The van der Waals surface area contributed by atoms with Crippen molar-refractivity contribution >= 4 is 33.4 Å². The van der Waals surface area contributed by atoms with E-state index >= 15 is 8.78 Å². The lowest BCUT2D eigenvalue weighted by molar-refractivity contribution is 0.0788. The van der Waals surface area contributed by atoms with Crippen LogP contribution in [0, 0.1) is 24.0 Å². The summed E-state index contributed by atoms with van der Waals surface area (Å²) < 4.78 is 32.1. The molecule has 7 rings (SSSR count). The lowest BCUT2D eigenvalue weighted by Crippen LogP contribution is -2.52. The zero-order chi connectivity index (χ0) is 31.6. The first kappa shape index (κ1) is 29.8. The van der Waals surface area contributed by atoms with E-state index < -0.39 is 17.2 Å². The number of benzene rings is 2. The molecule has 2 aromatic carbocycles. The Morgan fingerprint density at radius 3 is 2.56 bits per heavy atom. The molecule has 2 aromatic heterocycles. The number of terminal acetylenes is 1. The maximum atomic E-state index is 17.1. The number of likely N-dealkylation sites (N-methyl/N-ethyl adjacent to an activating group) is 2. The van der Waals surface area contributed by atoms with Crippen molar-refractivity contribution in [3.8, 4) is 23.6 Å². The zero-order valence-electron chi connectivity index (χ0n) is 26.2. The quantitative estimate of drug-likeness (QED) is 0.301. The van der Waals surface area contributed by atoms with Gasteiger partial charge < -0.3 is 20.2 Å². The average Bonchev–Trinajstić information content (AvgIpc) is 3.58. The standard InChI is InChI=1S/C35H39F2N7O/c1-6-25-28(36)12-9-20-14-21(35(2,3)45)15-26(29(20)25)31-30(37)32-27(16-39-31)33(42(4)17-22-8-7-13-38-22)41-34(40-32)44-18-23-10-11-24(19-44)43(23)5/h1,9,12,14-16,22-24,38,45H,7-8,10-11,13,17-19H2,2-5H3/t22-,23?,24?/m0/s1. The predicted octanol–water partition coefficient (Wildman–Crippen LogP) is 4.80. The van der Waals surface area contributed by atoms with Gasteiger partial charge in [0.2, 0.25) is 5.95 Å². The molecule has 8 nitrogen and oxygen atoms in total. The summed E-state index contributed by atoms with van der Waals surface area (Å²) in [6.45, 7) is 6.54. The third-order valence-electron chi connectivity index (χ3n) is 9.97. The van der Waals surface area contributed by atoms with Gasteiger partial charge in [0.15, 0.2) is 5.82 Å². The van der Waals surface area contributed by atoms with E-state index in [0.717, 1.165) is 45.3 Å². The number of fused-ring (bicyclic) bond motifs is 4. The number of hydrogen-bond donors (Lipinski definition) is 2. The average molecular weight is 612 g/mol. The maximum absolute atomic E-state index is 17.1. The number of rotatable bonds is 6. The van der Waals surface area contributed by atoms with Crippen LogP contribution in [0.3, 0.4) is 0 Å². The number of halogens is 2. The number of nitrogens with one attached hydrogen (secondary N) is 1. The van der Waals surface area contributed by atoms with Gasteiger partial charge in [0.1, 0.15) is 22.8 Å². The fourth-order valence-corrected chi connectivity index (χ4v) is 7.38. The highest BCUT2D eigenvalue weighted by atomic mass is 19.1. The Kier molecular flexibility index (Phi) is 7.39. The second kappa shape index (κ2) is 11.2. The number of aromatic nitrogens is 3. The van der Waals surface area contributed by atoms with E-state index in [1.54, 1.807) is 38.2 Å². The summed E-state index contributed by atoms with van der Waals surface area (Å²) in [5.74, 6) is 2.36. The fourth-order valence-electron chi connectivity index (χ4n) is 7.38.